The molecule has 1 saturated heterocycles. The van der Waals surface area contributed by atoms with E-state index in [1.54, 1.807) is 26.2 Å². The highest BCUT2D eigenvalue weighted by Gasteiger charge is 2.39. The molecule has 3 amide bonds. The maximum absolute atomic E-state index is 14.4. The first-order valence-corrected chi connectivity index (χ1v) is 22.3. The second-order valence-corrected chi connectivity index (χ2v) is 21.0. The molecule has 11 nitrogen and oxygen atoms in total. The maximum atomic E-state index is 14.4. The second-order valence-electron chi connectivity index (χ2n) is 16.3. The number of allylic oxidation sites excluding steroid dienone is 1. The van der Waals surface area contributed by atoms with E-state index in [1.165, 1.54) is 5.01 Å². The number of nitrogens with zero attached hydrogens (tertiary/aromatic N) is 1. The van der Waals surface area contributed by atoms with E-state index in [1.807, 2.05) is 62.4 Å². The highest BCUT2D eigenvalue weighted by atomic mass is 28.4. The minimum Gasteiger partial charge on any atom is -0.543 e. The Balaban J connectivity index is 1.85. The highest BCUT2D eigenvalue weighted by molar-refractivity contribution is 6.74. The minimum atomic E-state index is -2.16. The van der Waals surface area contributed by atoms with Gasteiger partial charge < -0.3 is 24.5 Å². The number of ether oxygens (including phenoxy) is 2. The van der Waals surface area contributed by atoms with Crippen LogP contribution in [0, 0.1) is 5.92 Å². The summed E-state index contributed by atoms with van der Waals surface area (Å²) in [6.45, 7) is 24.2. The normalized spacial score (nSPS) is 17.0. The molecule has 0 spiro atoms. The molecule has 0 radical (unpaired) electrons. The number of hydrogen-bond donors (Lipinski definition) is 3. The standard InChI is InChI=1S/C43H64N4O7Si/c1-12-14-21-34(52-9)28-38(48)45-39(29(3)4)40(49)44-37(27-32-19-16-22-35(26-32)54-55(10,11)43(6,7)8)41(50)47-24-17-23-36(46-47)42(51)53-30(5)33-20-15-18-31(13-2)25-33/h12-13,15-16,18-20,22,25-26,29-30,34,36-37,39,46H,1-2,14,17,21,23-24,27-28H2,3-11H3,(H,44,49)(H,45,48). The van der Waals surface area contributed by atoms with Crippen LogP contribution in [-0.4, -0.2) is 74.9 Å². The number of hydrogen-bond acceptors (Lipinski definition) is 8. The molecule has 0 bridgehead atoms. The zero-order chi connectivity index (χ0) is 40.9. The maximum Gasteiger partial charge on any atom is 0.325 e. The number of rotatable bonds is 19. The topological polar surface area (TPSA) is 135 Å². The zero-order valence-electron chi connectivity index (χ0n) is 34.4. The fraction of sp³-hybridized carbons (Fsp3) is 0.535. The van der Waals surface area contributed by atoms with Gasteiger partial charge in [-0.3, -0.25) is 24.2 Å². The number of esters is 1. The molecule has 3 rings (SSSR count). The quantitative estimate of drug-likeness (QED) is 0.0785. The first-order chi connectivity index (χ1) is 25.9. The fourth-order valence-corrected chi connectivity index (χ4v) is 7.05. The Labute approximate surface area is 329 Å². The number of carbonyl (C=O) groups excluding carboxylic acids is 4. The van der Waals surface area contributed by atoms with E-state index in [-0.39, 0.29) is 35.8 Å². The van der Waals surface area contributed by atoms with Crippen molar-refractivity contribution < 1.29 is 33.1 Å². The van der Waals surface area contributed by atoms with Crippen LogP contribution in [0.3, 0.4) is 0 Å². The fourth-order valence-electron chi connectivity index (χ4n) is 6.03. The van der Waals surface area contributed by atoms with Crippen molar-refractivity contribution in [1.29, 1.82) is 0 Å². The Kier molecular flexibility index (Phi) is 16.9. The molecule has 1 aliphatic rings. The van der Waals surface area contributed by atoms with Crippen LogP contribution < -0.4 is 20.5 Å². The number of methoxy groups -OCH3 is 1. The summed E-state index contributed by atoms with van der Waals surface area (Å²) in [5.41, 5.74) is 5.63. The molecule has 55 heavy (non-hydrogen) atoms. The number of amides is 3. The Bertz CT molecular complexity index is 1640. The average Bonchev–Trinajstić information content (AvgIpc) is 3.14. The molecular formula is C43H64N4O7Si. The van der Waals surface area contributed by atoms with E-state index in [4.69, 9.17) is 13.9 Å². The van der Waals surface area contributed by atoms with E-state index in [2.05, 4.69) is 63.1 Å². The molecule has 3 N–H and O–H groups in total. The van der Waals surface area contributed by atoms with Crippen LogP contribution in [0.1, 0.15) is 96.4 Å². The summed E-state index contributed by atoms with van der Waals surface area (Å²) in [6, 6.07) is 12.5. The summed E-state index contributed by atoms with van der Waals surface area (Å²) in [4.78, 5) is 55.0. The van der Waals surface area contributed by atoms with Gasteiger partial charge in [0.25, 0.3) is 5.91 Å². The van der Waals surface area contributed by atoms with Gasteiger partial charge in [0, 0.05) is 20.1 Å². The summed E-state index contributed by atoms with van der Waals surface area (Å²) in [6.07, 6.45) is 5.23. The Morgan fingerprint density at radius 3 is 2.38 bits per heavy atom. The second kappa shape index (κ2) is 20.6. The lowest BCUT2D eigenvalue weighted by atomic mass is 10.00. The van der Waals surface area contributed by atoms with Crippen molar-refractivity contribution in [3.8, 4) is 5.75 Å². The Hall–Kier alpha value is -4.26. The van der Waals surface area contributed by atoms with Crippen LogP contribution in [0.25, 0.3) is 6.08 Å². The van der Waals surface area contributed by atoms with Gasteiger partial charge in [0.1, 0.15) is 30.0 Å². The van der Waals surface area contributed by atoms with Crippen molar-refractivity contribution in [2.24, 2.45) is 5.92 Å². The Morgan fingerprint density at radius 1 is 1.04 bits per heavy atom. The van der Waals surface area contributed by atoms with Crippen LogP contribution in [0.2, 0.25) is 18.1 Å². The molecule has 12 heteroatoms. The summed E-state index contributed by atoms with van der Waals surface area (Å²) in [5, 5.41) is 7.23. The first kappa shape index (κ1) is 45.1. The number of benzene rings is 2. The summed E-state index contributed by atoms with van der Waals surface area (Å²) in [5.74, 6) is -1.28. The monoisotopic (exact) mass is 776 g/mol. The molecule has 1 fully saturated rings. The smallest absolute Gasteiger partial charge is 0.325 e. The van der Waals surface area contributed by atoms with E-state index < -0.39 is 50.3 Å². The van der Waals surface area contributed by atoms with Crippen LogP contribution in [-0.2, 0) is 35.1 Å². The largest absolute Gasteiger partial charge is 0.543 e. The lowest BCUT2D eigenvalue weighted by molar-refractivity contribution is -0.157. The van der Waals surface area contributed by atoms with Crippen molar-refractivity contribution in [3.63, 3.8) is 0 Å². The predicted octanol–water partition coefficient (Wildman–Crippen LogP) is 7.05. The molecule has 5 unspecified atom stereocenters. The van der Waals surface area contributed by atoms with Crippen molar-refractivity contribution in [2.45, 2.75) is 129 Å². The van der Waals surface area contributed by atoms with Crippen LogP contribution >= 0.6 is 0 Å². The molecule has 302 valence electrons. The van der Waals surface area contributed by atoms with Gasteiger partial charge >= 0.3 is 5.97 Å². The van der Waals surface area contributed by atoms with E-state index in [0.29, 0.717) is 38.0 Å². The lowest BCUT2D eigenvalue weighted by Gasteiger charge is -2.37. The van der Waals surface area contributed by atoms with E-state index in [9.17, 15) is 19.2 Å². The minimum absolute atomic E-state index is 0.0221. The van der Waals surface area contributed by atoms with Crippen molar-refractivity contribution >= 4 is 38.1 Å². The molecular weight excluding hydrogens is 713 g/mol. The number of carbonyl (C=O) groups is 4. The van der Waals surface area contributed by atoms with Gasteiger partial charge in [-0.05, 0) is 91.5 Å². The van der Waals surface area contributed by atoms with Crippen LogP contribution in [0.4, 0.5) is 0 Å². The zero-order valence-corrected chi connectivity index (χ0v) is 35.4. The van der Waals surface area contributed by atoms with Gasteiger partial charge in [-0.1, -0.05) is 83.7 Å². The molecule has 5 atom stereocenters. The Morgan fingerprint density at radius 2 is 1.75 bits per heavy atom. The molecule has 2 aromatic carbocycles. The number of nitrogens with one attached hydrogen (secondary N) is 3. The third kappa shape index (κ3) is 13.5. The lowest BCUT2D eigenvalue weighted by Crippen LogP contribution is -2.62. The SMILES string of the molecule is C=CCCC(CC(=O)NC(C(=O)NC(Cc1cccc(O[Si](C)(C)C(C)(C)C)c1)C(=O)N1CCCC(C(=O)OC(C)c2cccc(C=C)c2)N1)C(C)C)OC. The van der Waals surface area contributed by atoms with Gasteiger partial charge in [-0.25, -0.2) is 5.43 Å². The van der Waals surface area contributed by atoms with Gasteiger partial charge in [0.05, 0.1) is 12.5 Å². The van der Waals surface area contributed by atoms with Gasteiger partial charge in [-0.15, -0.1) is 6.58 Å². The van der Waals surface area contributed by atoms with Gasteiger partial charge in [0.15, 0.2) is 0 Å². The summed E-state index contributed by atoms with van der Waals surface area (Å²) < 4.78 is 17.9. The van der Waals surface area contributed by atoms with Gasteiger partial charge in [0.2, 0.25) is 20.1 Å². The number of hydrazine groups is 1. The summed E-state index contributed by atoms with van der Waals surface area (Å²) in [7, 11) is -0.610. The third-order valence-electron chi connectivity index (χ3n) is 10.5. The predicted molar refractivity (Wildman–Crippen MR) is 220 cm³/mol. The third-order valence-corrected chi connectivity index (χ3v) is 14.8. The van der Waals surface area contributed by atoms with Crippen LogP contribution in [0.15, 0.2) is 67.8 Å². The first-order valence-electron chi connectivity index (χ1n) is 19.4. The molecule has 0 saturated carbocycles. The molecule has 0 aliphatic carbocycles. The van der Waals surface area contributed by atoms with Crippen molar-refractivity contribution in [3.05, 3.63) is 84.5 Å². The molecule has 1 heterocycles. The van der Waals surface area contributed by atoms with Gasteiger partial charge in [-0.2, -0.15) is 0 Å². The molecule has 0 aromatic heterocycles. The molecule has 2 aromatic rings. The highest BCUT2D eigenvalue weighted by Crippen LogP contribution is 2.37. The van der Waals surface area contributed by atoms with E-state index >= 15 is 0 Å². The van der Waals surface area contributed by atoms with Crippen LogP contribution in [0.5, 0.6) is 5.75 Å². The average molecular weight is 777 g/mol. The van der Waals surface area contributed by atoms with Crippen molar-refractivity contribution in [1.82, 2.24) is 21.1 Å². The summed E-state index contributed by atoms with van der Waals surface area (Å²) >= 11 is 0. The van der Waals surface area contributed by atoms with Crippen molar-refractivity contribution in [2.75, 3.05) is 13.7 Å². The molecule has 1 aliphatic heterocycles. The van der Waals surface area contributed by atoms with E-state index in [0.717, 1.165) is 16.7 Å².